The predicted molar refractivity (Wildman–Crippen MR) is 80.2 cm³/mol. The van der Waals surface area contributed by atoms with Crippen molar-refractivity contribution in [1.82, 2.24) is 10.2 Å². The van der Waals surface area contributed by atoms with Crippen molar-refractivity contribution in [3.8, 4) is 0 Å². The van der Waals surface area contributed by atoms with Gasteiger partial charge in [0.2, 0.25) is 0 Å². The first kappa shape index (κ1) is 17.8. The van der Waals surface area contributed by atoms with Crippen LogP contribution in [-0.2, 0) is 9.53 Å². The number of ether oxygens (including phenoxy) is 1. The van der Waals surface area contributed by atoms with Crippen molar-refractivity contribution in [3.63, 3.8) is 0 Å². The van der Waals surface area contributed by atoms with E-state index in [4.69, 9.17) is 4.74 Å². The Labute approximate surface area is 126 Å². The maximum Gasteiger partial charge on any atom is 0.318 e. The molecular formula is C15H28N2O4. The fourth-order valence-electron chi connectivity index (χ4n) is 2.53. The van der Waals surface area contributed by atoms with Gasteiger partial charge in [0.05, 0.1) is 24.7 Å². The van der Waals surface area contributed by atoms with Crippen molar-refractivity contribution in [2.24, 2.45) is 11.3 Å². The zero-order valence-corrected chi connectivity index (χ0v) is 13.7. The molecule has 6 heteroatoms. The summed E-state index contributed by atoms with van der Waals surface area (Å²) >= 11 is 0. The Bertz CT molecular complexity index is 388. The molecule has 1 heterocycles. The second-order valence-electron chi connectivity index (χ2n) is 7.50. The first-order chi connectivity index (χ1) is 9.53. The Morgan fingerprint density at radius 1 is 1.38 bits per heavy atom. The Morgan fingerprint density at radius 2 is 2.00 bits per heavy atom. The van der Waals surface area contributed by atoms with Crippen molar-refractivity contribution in [3.05, 3.63) is 0 Å². The van der Waals surface area contributed by atoms with E-state index < -0.39 is 11.9 Å². The highest BCUT2D eigenvalue weighted by Gasteiger charge is 2.34. The van der Waals surface area contributed by atoms with Crippen LogP contribution in [0.5, 0.6) is 0 Å². The normalized spacial score (nSPS) is 20.0. The molecule has 1 aliphatic heterocycles. The monoisotopic (exact) mass is 300 g/mol. The number of carboxylic acids is 1. The number of hydrogen-bond acceptors (Lipinski definition) is 3. The van der Waals surface area contributed by atoms with Crippen molar-refractivity contribution in [2.45, 2.75) is 46.6 Å². The van der Waals surface area contributed by atoms with Gasteiger partial charge in [0.25, 0.3) is 0 Å². The maximum atomic E-state index is 12.3. The molecule has 0 radical (unpaired) electrons. The second kappa shape index (κ2) is 6.64. The van der Waals surface area contributed by atoms with Gasteiger partial charge in [-0.1, -0.05) is 20.8 Å². The highest BCUT2D eigenvalue weighted by atomic mass is 16.5. The van der Waals surface area contributed by atoms with Crippen molar-refractivity contribution in [2.75, 3.05) is 26.3 Å². The van der Waals surface area contributed by atoms with E-state index in [1.165, 1.54) is 0 Å². The number of nitrogens with zero attached hydrogens (tertiary/aromatic N) is 1. The smallest absolute Gasteiger partial charge is 0.318 e. The topological polar surface area (TPSA) is 78.9 Å². The average molecular weight is 300 g/mol. The predicted octanol–water partition coefficient (Wildman–Crippen LogP) is 1.94. The van der Waals surface area contributed by atoms with Crippen LogP contribution < -0.4 is 5.32 Å². The van der Waals surface area contributed by atoms with Gasteiger partial charge in [0, 0.05) is 13.1 Å². The number of rotatable bonds is 4. The molecule has 1 atom stereocenters. The highest BCUT2D eigenvalue weighted by molar-refractivity contribution is 5.76. The maximum absolute atomic E-state index is 12.3. The van der Waals surface area contributed by atoms with Crippen LogP contribution in [0.15, 0.2) is 0 Å². The zero-order chi connectivity index (χ0) is 16.3. The van der Waals surface area contributed by atoms with Gasteiger partial charge in [0.15, 0.2) is 0 Å². The molecule has 0 aromatic carbocycles. The second-order valence-corrected chi connectivity index (χ2v) is 7.50. The molecule has 0 aromatic heterocycles. The van der Waals surface area contributed by atoms with Crippen LogP contribution in [-0.4, -0.2) is 53.8 Å². The van der Waals surface area contributed by atoms with Crippen LogP contribution >= 0.6 is 0 Å². The molecule has 0 aliphatic carbocycles. The summed E-state index contributed by atoms with van der Waals surface area (Å²) in [5, 5.41) is 12.0. The molecule has 6 nitrogen and oxygen atoms in total. The molecule has 0 saturated carbocycles. The number of nitrogens with one attached hydrogen (secondary N) is 1. The molecule has 21 heavy (non-hydrogen) atoms. The quantitative estimate of drug-likeness (QED) is 0.831. The number of hydrogen-bond donors (Lipinski definition) is 2. The van der Waals surface area contributed by atoms with Crippen molar-refractivity contribution >= 4 is 12.0 Å². The summed E-state index contributed by atoms with van der Waals surface area (Å²) in [5.41, 5.74) is -0.461. The van der Waals surface area contributed by atoms with E-state index in [0.717, 1.165) is 0 Å². The summed E-state index contributed by atoms with van der Waals surface area (Å²) in [4.78, 5) is 25.3. The van der Waals surface area contributed by atoms with E-state index in [2.05, 4.69) is 5.32 Å². The number of carbonyl (C=O) groups is 2. The fraction of sp³-hybridized carbons (Fsp3) is 0.867. The minimum absolute atomic E-state index is 0.0913. The first-order valence-electron chi connectivity index (χ1n) is 7.39. The zero-order valence-electron chi connectivity index (χ0n) is 13.7. The molecule has 122 valence electrons. The molecule has 1 saturated heterocycles. The Balaban J connectivity index is 2.59. The van der Waals surface area contributed by atoms with E-state index in [1.54, 1.807) is 4.90 Å². The van der Waals surface area contributed by atoms with Crippen LogP contribution in [0.1, 0.15) is 41.0 Å². The summed E-state index contributed by atoms with van der Waals surface area (Å²) in [6.45, 7) is 11.5. The van der Waals surface area contributed by atoms with E-state index >= 15 is 0 Å². The summed E-state index contributed by atoms with van der Waals surface area (Å²) in [6, 6.07) is -0.219. The van der Waals surface area contributed by atoms with E-state index in [1.807, 2.05) is 34.6 Å². The first-order valence-corrected chi connectivity index (χ1v) is 7.39. The molecule has 0 aromatic rings. The lowest BCUT2D eigenvalue weighted by atomic mass is 9.84. The van der Waals surface area contributed by atoms with Crippen LogP contribution in [0.25, 0.3) is 0 Å². The molecular weight excluding hydrogens is 272 g/mol. The van der Waals surface area contributed by atoms with Gasteiger partial charge >= 0.3 is 12.0 Å². The standard InChI is InChI=1S/C15H28N2O4/c1-14(2,3)8-11(12(18)19)9-16-13(20)17-6-7-21-10-15(17,4)5/h11H,6-10H2,1-5H3,(H,16,20)(H,18,19). The molecule has 0 bridgehead atoms. The minimum Gasteiger partial charge on any atom is -0.481 e. The van der Waals surface area contributed by atoms with Crippen molar-refractivity contribution < 1.29 is 19.4 Å². The summed E-state index contributed by atoms with van der Waals surface area (Å²) < 4.78 is 5.38. The number of morpholine rings is 1. The van der Waals surface area contributed by atoms with Crippen LogP contribution in [0.2, 0.25) is 0 Å². The van der Waals surface area contributed by atoms with Gasteiger partial charge < -0.3 is 20.1 Å². The Morgan fingerprint density at radius 3 is 2.48 bits per heavy atom. The van der Waals surface area contributed by atoms with Crippen LogP contribution in [0, 0.1) is 11.3 Å². The number of urea groups is 1. The summed E-state index contributed by atoms with van der Waals surface area (Å²) in [5.74, 6) is -1.44. The van der Waals surface area contributed by atoms with E-state index in [9.17, 15) is 14.7 Å². The third-order valence-corrected chi connectivity index (χ3v) is 3.60. The Kier molecular flexibility index (Phi) is 5.61. The van der Waals surface area contributed by atoms with E-state index in [-0.39, 0.29) is 23.5 Å². The van der Waals surface area contributed by atoms with Gasteiger partial charge in [-0.25, -0.2) is 4.79 Å². The SMILES string of the molecule is CC(C)(C)CC(CNC(=O)N1CCOCC1(C)C)C(=O)O. The largest absolute Gasteiger partial charge is 0.481 e. The third-order valence-electron chi connectivity index (χ3n) is 3.60. The van der Waals surface area contributed by atoms with Gasteiger partial charge in [-0.05, 0) is 25.7 Å². The lowest BCUT2D eigenvalue weighted by Crippen LogP contribution is -2.58. The molecule has 2 amide bonds. The van der Waals surface area contributed by atoms with Gasteiger partial charge in [-0.15, -0.1) is 0 Å². The van der Waals surface area contributed by atoms with Gasteiger partial charge in [-0.2, -0.15) is 0 Å². The summed E-state index contributed by atoms with van der Waals surface area (Å²) in [7, 11) is 0. The fourth-order valence-corrected chi connectivity index (χ4v) is 2.53. The number of carboxylic acid groups (broad SMARTS) is 1. The lowest BCUT2D eigenvalue weighted by molar-refractivity contribution is -0.142. The summed E-state index contributed by atoms with van der Waals surface area (Å²) in [6.07, 6.45) is 0.523. The average Bonchev–Trinajstić information content (AvgIpc) is 2.31. The number of aliphatic carboxylic acids is 1. The molecule has 0 spiro atoms. The lowest BCUT2D eigenvalue weighted by Gasteiger charge is -2.42. The molecule has 1 unspecified atom stereocenters. The van der Waals surface area contributed by atoms with Crippen LogP contribution in [0.4, 0.5) is 4.79 Å². The van der Waals surface area contributed by atoms with Gasteiger partial charge in [-0.3, -0.25) is 4.79 Å². The van der Waals surface area contributed by atoms with E-state index in [0.29, 0.717) is 26.2 Å². The van der Waals surface area contributed by atoms with Crippen molar-refractivity contribution in [1.29, 1.82) is 0 Å². The molecule has 2 N–H and O–H groups in total. The number of amides is 2. The highest BCUT2D eigenvalue weighted by Crippen LogP contribution is 2.24. The molecule has 1 aliphatic rings. The van der Waals surface area contributed by atoms with Crippen LogP contribution in [0.3, 0.4) is 0 Å². The molecule has 1 rings (SSSR count). The third kappa shape index (κ3) is 5.53. The Hall–Kier alpha value is -1.30. The number of carbonyl (C=O) groups excluding carboxylic acids is 1. The minimum atomic E-state index is -0.869. The molecule has 1 fully saturated rings. The van der Waals surface area contributed by atoms with Gasteiger partial charge in [0.1, 0.15) is 0 Å².